The van der Waals surface area contributed by atoms with Gasteiger partial charge in [-0.3, -0.25) is 4.79 Å². The molecule has 36 heavy (non-hydrogen) atoms. The van der Waals surface area contributed by atoms with Gasteiger partial charge in [0, 0.05) is 39.2 Å². The van der Waals surface area contributed by atoms with Gasteiger partial charge in [-0.2, -0.15) is 22.0 Å². The van der Waals surface area contributed by atoms with E-state index in [-0.39, 0.29) is 18.8 Å². The lowest BCUT2D eigenvalue weighted by atomic mass is 9.91. The van der Waals surface area contributed by atoms with E-state index in [0.717, 1.165) is 5.52 Å². The summed E-state index contributed by atoms with van der Waals surface area (Å²) in [5, 5.41) is 0. The van der Waals surface area contributed by atoms with Crippen LogP contribution >= 0.6 is 0 Å². The first-order chi connectivity index (χ1) is 17.0. The van der Waals surface area contributed by atoms with Gasteiger partial charge in [-0.15, -0.1) is 0 Å². The number of anilines is 2. The summed E-state index contributed by atoms with van der Waals surface area (Å²) in [5.41, 5.74) is 2.26. The van der Waals surface area contributed by atoms with Crippen LogP contribution in [0.25, 0.3) is 11.0 Å². The molecule has 0 N–H and O–H groups in total. The lowest BCUT2D eigenvalue weighted by Crippen LogP contribution is -2.53. The minimum absolute atomic E-state index is 0.146. The molecule has 2 aromatic heterocycles. The van der Waals surface area contributed by atoms with Crippen LogP contribution in [-0.4, -0.2) is 58.3 Å². The highest BCUT2D eigenvalue weighted by molar-refractivity contribution is 5.83. The minimum Gasteiger partial charge on any atom is -0.433 e. The Hall–Kier alpha value is -3.44. The topological polar surface area (TPSA) is 63.5 Å². The van der Waals surface area contributed by atoms with E-state index in [9.17, 15) is 26.7 Å². The number of pyridine rings is 1. The van der Waals surface area contributed by atoms with Gasteiger partial charge in [0.2, 0.25) is 0 Å². The number of aryl methyl sites for hydroxylation is 1. The summed E-state index contributed by atoms with van der Waals surface area (Å²) in [4.78, 5) is 22.0. The molecule has 1 saturated heterocycles. The number of benzene rings is 1. The van der Waals surface area contributed by atoms with Gasteiger partial charge in [-0.05, 0) is 17.7 Å². The second-order valence-electron chi connectivity index (χ2n) is 7.46. The molecular weight excluding hydrogens is 485 g/mol. The third-order valence-electron chi connectivity index (χ3n) is 5.38. The fourth-order valence-corrected chi connectivity index (χ4v) is 3.61. The van der Waals surface area contributed by atoms with Gasteiger partial charge in [-0.25, -0.2) is 9.97 Å². The van der Waals surface area contributed by atoms with Crippen LogP contribution in [-0.2, 0) is 11.8 Å². The molecule has 0 unspecified atom stereocenters. The predicted octanol–water partition coefficient (Wildman–Crippen LogP) is 5.88. The van der Waals surface area contributed by atoms with Crippen molar-refractivity contribution < 1.29 is 31.5 Å². The summed E-state index contributed by atoms with van der Waals surface area (Å²) in [7, 11) is 3.44. The summed E-state index contributed by atoms with van der Waals surface area (Å²) < 4.78 is 70.3. The molecule has 0 atom stereocenters. The minimum atomic E-state index is -4.94. The molecule has 1 fully saturated rings. The Morgan fingerprint density at radius 3 is 2.33 bits per heavy atom. The average Bonchev–Trinajstić information content (AvgIpc) is 3.19. The molecule has 1 aliphatic heterocycles. The van der Waals surface area contributed by atoms with Crippen molar-refractivity contribution in [3.8, 4) is 5.75 Å². The van der Waals surface area contributed by atoms with Crippen LogP contribution in [0.15, 0.2) is 36.8 Å². The molecule has 0 aliphatic carbocycles. The molecule has 1 aromatic carbocycles. The zero-order valence-corrected chi connectivity index (χ0v) is 21.0. The highest BCUT2D eigenvalue weighted by Crippen LogP contribution is 2.38. The van der Waals surface area contributed by atoms with Gasteiger partial charge >= 0.3 is 18.7 Å². The third kappa shape index (κ3) is 6.21. The fourth-order valence-electron chi connectivity index (χ4n) is 3.61. The van der Waals surface area contributed by atoms with E-state index in [2.05, 4.69) is 9.97 Å². The zero-order valence-electron chi connectivity index (χ0n) is 21.0. The van der Waals surface area contributed by atoms with Crippen molar-refractivity contribution in [2.45, 2.75) is 46.4 Å². The summed E-state index contributed by atoms with van der Waals surface area (Å²) in [5.74, 6) is -2.01. The third-order valence-corrected chi connectivity index (χ3v) is 5.38. The number of imidazole rings is 1. The van der Waals surface area contributed by atoms with Gasteiger partial charge in [0.25, 0.3) is 0 Å². The van der Waals surface area contributed by atoms with Crippen LogP contribution in [0.2, 0.25) is 0 Å². The molecule has 0 spiro atoms. The lowest BCUT2D eigenvalue weighted by Gasteiger charge is -2.40. The van der Waals surface area contributed by atoms with Gasteiger partial charge in [0.15, 0.2) is 0 Å². The van der Waals surface area contributed by atoms with Gasteiger partial charge in [-0.1, -0.05) is 33.8 Å². The van der Waals surface area contributed by atoms with Crippen LogP contribution in [0.3, 0.4) is 0 Å². The highest BCUT2D eigenvalue weighted by Gasteiger charge is 2.46. The Kier molecular flexibility index (Phi) is 9.60. The second kappa shape index (κ2) is 12.0. The number of ether oxygens (including phenoxy) is 1. The first-order valence-electron chi connectivity index (χ1n) is 11.5. The van der Waals surface area contributed by atoms with E-state index in [1.54, 1.807) is 41.2 Å². The van der Waals surface area contributed by atoms with E-state index in [4.69, 9.17) is 4.74 Å². The number of hydrogen-bond acceptors (Lipinski definition) is 5. The number of amides is 1. The number of likely N-dealkylation sites (tertiary alicyclic amines) is 1. The summed E-state index contributed by atoms with van der Waals surface area (Å²) in [6.45, 7) is 4.59. The van der Waals surface area contributed by atoms with E-state index in [0.29, 0.717) is 27.5 Å². The van der Waals surface area contributed by atoms with E-state index < -0.39 is 24.6 Å². The number of nitrogens with zero attached hydrogens (tertiary/aromatic N) is 5. The van der Waals surface area contributed by atoms with Crippen LogP contribution in [0.4, 0.5) is 33.5 Å². The SMILES string of the molecule is CC.CC.CN(c1cc2c(cn1)ncn2C)c1ccc(C2CN(C(=O)C(F)(F)F)C2)cc1OC(F)F. The molecule has 0 saturated carbocycles. The van der Waals surface area contributed by atoms with Crippen molar-refractivity contribution in [3.63, 3.8) is 0 Å². The first-order valence-corrected chi connectivity index (χ1v) is 11.5. The number of halogens is 5. The standard InChI is InChI=1S/C20H18F5N5O2.2C2H6/c1-28-10-27-13-7-26-17(6-15(13)28)29(2)14-4-3-11(5-16(14)32-19(21)22)12-8-30(9-12)18(31)20(23,24)25;2*1-2/h3-7,10,12,19H,8-9H2,1-2H3;2*1-2H3. The number of rotatable bonds is 5. The van der Waals surface area contributed by atoms with Crippen molar-refractivity contribution in [1.82, 2.24) is 19.4 Å². The molecule has 4 rings (SSSR count). The number of hydrogen-bond donors (Lipinski definition) is 0. The monoisotopic (exact) mass is 515 g/mol. The predicted molar refractivity (Wildman–Crippen MR) is 128 cm³/mol. The molecule has 0 bridgehead atoms. The Morgan fingerprint density at radius 1 is 1.11 bits per heavy atom. The van der Waals surface area contributed by atoms with Crippen LogP contribution in [0, 0.1) is 0 Å². The van der Waals surface area contributed by atoms with E-state index >= 15 is 0 Å². The Balaban J connectivity index is 0.00000109. The summed E-state index contributed by atoms with van der Waals surface area (Å²) in [6, 6.07) is 6.26. The average molecular weight is 516 g/mol. The number of aromatic nitrogens is 3. The molecule has 12 heteroatoms. The molecule has 3 heterocycles. The Bertz CT molecular complexity index is 1160. The molecular formula is C24H30F5N5O2. The Morgan fingerprint density at radius 2 is 1.75 bits per heavy atom. The van der Waals surface area contributed by atoms with Gasteiger partial charge in [0.1, 0.15) is 17.1 Å². The highest BCUT2D eigenvalue weighted by atomic mass is 19.4. The van der Waals surface area contributed by atoms with E-state index in [1.807, 2.05) is 34.7 Å². The molecule has 198 valence electrons. The largest absolute Gasteiger partial charge is 0.471 e. The quantitative estimate of drug-likeness (QED) is 0.397. The number of carbonyl (C=O) groups is 1. The van der Waals surface area contributed by atoms with Crippen LogP contribution in [0.5, 0.6) is 5.75 Å². The second-order valence-corrected chi connectivity index (χ2v) is 7.46. The summed E-state index contributed by atoms with van der Waals surface area (Å²) >= 11 is 0. The van der Waals surface area contributed by atoms with Crippen molar-refractivity contribution in [2.75, 3.05) is 25.0 Å². The molecule has 1 amide bonds. The molecule has 1 aliphatic rings. The van der Waals surface area contributed by atoms with Gasteiger partial charge in [0.05, 0.1) is 23.7 Å². The van der Waals surface area contributed by atoms with Crippen molar-refractivity contribution in [2.24, 2.45) is 7.05 Å². The maximum atomic E-state index is 13.1. The zero-order chi connectivity index (χ0) is 27.2. The maximum Gasteiger partial charge on any atom is 0.471 e. The van der Waals surface area contributed by atoms with Crippen molar-refractivity contribution in [1.29, 1.82) is 0 Å². The fraction of sp³-hybridized carbons (Fsp3) is 0.458. The maximum absolute atomic E-state index is 13.1. The number of fused-ring (bicyclic) bond motifs is 1. The normalized spacial score (nSPS) is 13.4. The van der Waals surface area contributed by atoms with E-state index in [1.165, 1.54) is 12.1 Å². The Labute approximate surface area is 206 Å². The first kappa shape index (κ1) is 28.8. The molecule has 0 radical (unpaired) electrons. The lowest BCUT2D eigenvalue weighted by molar-refractivity contribution is -0.189. The molecule has 3 aromatic rings. The van der Waals surface area contributed by atoms with Gasteiger partial charge < -0.3 is 19.1 Å². The summed E-state index contributed by atoms with van der Waals surface area (Å²) in [6.07, 6.45) is -1.76. The molecule has 7 nitrogen and oxygen atoms in total. The van der Waals surface area contributed by atoms with Crippen LogP contribution in [0.1, 0.15) is 39.2 Å². The number of alkyl halides is 5. The number of carbonyl (C=O) groups excluding carboxylic acids is 1. The smallest absolute Gasteiger partial charge is 0.433 e. The van der Waals surface area contributed by atoms with Crippen molar-refractivity contribution in [3.05, 3.63) is 42.4 Å². The van der Waals surface area contributed by atoms with Crippen molar-refractivity contribution >= 4 is 28.4 Å². The van der Waals surface area contributed by atoms with Crippen LogP contribution < -0.4 is 9.64 Å².